The minimum absolute atomic E-state index is 0.0605. The lowest BCUT2D eigenvalue weighted by Crippen LogP contribution is -2.39. The van der Waals surface area contributed by atoms with E-state index in [1.807, 2.05) is 0 Å². The molecule has 0 unspecified atom stereocenters. The zero-order valence-electron chi connectivity index (χ0n) is 12.3. The molecule has 8 heteroatoms. The highest BCUT2D eigenvalue weighted by molar-refractivity contribution is 5.53. The molecule has 23 heavy (non-hydrogen) atoms. The van der Waals surface area contributed by atoms with E-state index in [0.717, 1.165) is 10.5 Å². The molecule has 0 bridgehead atoms. The number of halogens is 3. The number of alkyl halides is 3. The summed E-state index contributed by atoms with van der Waals surface area (Å²) in [7, 11) is 0. The van der Waals surface area contributed by atoms with Crippen molar-refractivity contribution in [1.29, 1.82) is 0 Å². The summed E-state index contributed by atoms with van der Waals surface area (Å²) in [5, 5.41) is 9.78. The normalized spacial score (nSPS) is 24.5. The van der Waals surface area contributed by atoms with Crippen molar-refractivity contribution < 1.29 is 27.8 Å². The van der Waals surface area contributed by atoms with Gasteiger partial charge in [0.15, 0.2) is 6.29 Å². The molecule has 1 N–H and O–H groups in total. The van der Waals surface area contributed by atoms with Crippen molar-refractivity contribution in [3.05, 3.63) is 29.7 Å². The van der Waals surface area contributed by atoms with Crippen molar-refractivity contribution in [3.63, 3.8) is 0 Å². The van der Waals surface area contributed by atoms with Crippen LogP contribution in [0.15, 0.2) is 18.3 Å². The van der Waals surface area contributed by atoms with E-state index in [2.05, 4.69) is 4.98 Å². The fourth-order valence-electron chi connectivity index (χ4n) is 2.92. The van der Waals surface area contributed by atoms with Crippen molar-refractivity contribution >= 4 is 11.9 Å². The first-order valence-corrected chi connectivity index (χ1v) is 7.09. The third kappa shape index (κ3) is 3.03. The second-order valence-corrected chi connectivity index (χ2v) is 6.05. The average Bonchev–Trinajstić information content (AvgIpc) is 2.83. The van der Waals surface area contributed by atoms with Crippen LogP contribution in [0.3, 0.4) is 0 Å². The van der Waals surface area contributed by atoms with Crippen LogP contribution in [0.5, 0.6) is 5.75 Å². The standard InChI is InChI=1S/C15H15F3N2O3/c1-14(22)6-9(7-14)11-8-20-12(15(16,17)18)4-10(23-3-2-21)5-13(20)19-11/h2,4-5,8-9,22H,3,6-7H2,1H3. The monoisotopic (exact) mass is 328 g/mol. The van der Waals surface area contributed by atoms with Crippen molar-refractivity contribution in [2.75, 3.05) is 6.61 Å². The van der Waals surface area contributed by atoms with Gasteiger partial charge in [-0.15, -0.1) is 0 Å². The van der Waals surface area contributed by atoms with Gasteiger partial charge in [-0.05, 0) is 19.8 Å². The molecule has 0 amide bonds. The van der Waals surface area contributed by atoms with Gasteiger partial charge in [-0.3, -0.25) is 9.20 Å². The highest BCUT2D eigenvalue weighted by Crippen LogP contribution is 2.44. The van der Waals surface area contributed by atoms with Crippen LogP contribution in [0.25, 0.3) is 5.65 Å². The molecule has 2 heterocycles. The highest BCUT2D eigenvalue weighted by atomic mass is 19.4. The lowest BCUT2D eigenvalue weighted by Gasteiger charge is -2.39. The number of imidazole rings is 1. The Morgan fingerprint density at radius 3 is 2.74 bits per heavy atom. The van der Waals surface area contributed by atoms with Crippen molar-refractivity contribution in [2.45, 2.75) is 37.5 Å². The number of aliphatic hydroxyl groups is 1. The molecule has 2 aromatic heterocycles. The molecule has 0 saturated heterocycles. The van der Waals surface area contributed by atoms with Gasteiger partial charge in [0.25, 0.3) is 0 Å². The number of aldehydes is 1. The van der Waals surface area contributed by atoms with Gasteiger partial charge in [0.1, 0.15) is 23.7 Å². The van der Waals surface area contributed by atoms with Gasteiger partial charge in [-0.25, -0.2) is 4.98 Å². The number of carbonyl (C=O) groups is 1. The summed E-state index contributed by atoms with van der Waals surface area (Å²) < 4.78 is 45.7. The predicted octanol–water partition coefficient (Wildman–Crippen LogP) is 2.56. The summed E-state index contributed by atoms with van der Waals surface area (Å²) in [6, 6.07) is 2.21. The fourth-order valence-corrected chi connectivity index (χ4v) is 2.92. The number of carbonyl (C=O) groups excluding carboxylic acids is 1. The lowest BCUT2D eigenvalue weighted by molar-refractivity contribution is -0.142. The van der Waals surface area contributed by atoms with Crippen LogP contribution in [0.4, 0.5) is 13.2 Å². The number of hydrogen-bond donors (Lipinski definition) is 1. The molecule has 1 saturated carbocycles. The zero-order valence-corrected chi connectivity index (χ0v) is 12.3. The van der Waals surface area contributed by atoms with Crippen LogP contribution in [0.1, 0.15) is 37.1 Å². The molecule has 1 fully saturated rings. The van der Waals surface area contributed by atoms with Gasteiger partial charge < -0.3 is 9.84 Å². The first-order valence-electron chi connectivity index (χ1n) is 7.09. The lowest BCUT2D eigenvalue weighted by atomic mass is 9.71. The first-order chi connectivity index (χ1) is 10.7. The molecular weight excluding hydrogens is 313 g/mol. The van der Waals surface area contributed by atoms with E-state index in [-0.39, 0.29) is 23.9 Å². The molecule has 5 nitrogen and oxygen atoms in total. The Balaban J connectivity index is 2.03. The van der Waals surface area contributed by atoms with Crippen LogP contribution < -0.4 is 4.74 Å². The number of hydrogen-bond acceptors (Lipinski definition) is 4. The average molecular weight is 328 g/mol. The molecule has 1 aliphatic rings. The van der Waals surface area contributed by atoms with E-state index < -0.39 is 17.5 Å². The minimum Gasteiger partial charge on any atom is -0.486 e. The molecule has 0 radical (unpaired) electrons. The number of rotatable bonds is 4. The minimum atomic E-state index is -4.58. The quantitative estimate of drug-likeness (QED) is 0.876. The molecule has 2 aromatic rings. The Morgan fingerprint density at radius 2 is 2.17 bits per heavy atom. The second kappa shape index (κ2) is 5.23. The topological polar surface area (TPSA) is 63.8 Å². The van der Waals surface area contributed by atoms with E-state index in [4.69, 9.17) is 4.74 Å². The van der Waals surface area contributed by atoms with Gasteiger partial charge in [0.2, 0.25) is 0 Å². The Hall–Kier alpha value is -2.09. The Bertz CT molecular complexity index is 744. The Kier molecular flexibility index (Phi) is 3.59. The molecule has 1 aliphatic carbocycles. The number of aromatic nitrogens is 2. The van der Waals surface area contributed by atoms with Gasteiger partial charge in [-0.2, -0.15) is 13.2 Å². The smallest absolute Gasteiger partial charge is 0.431 e. The van der Waals surface area contributed by atoms with E-state index in [1.54, 1.807) is 6.92 Å². The number of pyridine rings is 1. The maximum atomic E-state index is 13.2. The summed E-state index contributed by atoms with van der Waals surface area (Å²) in [5.41, 5.74) is -1.09. The maximum absolute atomic E-state index is 13.2. The first kappa shape index (κ1) is 15.8. The third-order valence-corrected chi connectivity index (χ3v) is 3.96. The van der Waals surface area contributed by atoms with Gasteiger partial charge in [0, 0.05) is 24.2 Å². The fraction of sp³-hybridized carbons (Fsp3) is 0.467. The number of nitrogens with zero attached hydrogens (tertiary/aromatic N) is 2. The maximum Gasteiger partial charge on any atom is 0.431 e. The molecule has 0 spiro atoms. The van der Waals surface area contributed by atoms with E-state index in [9.17, 15) is 23.1 Å². The molecule has 0 atom stereocenters. The van der Waals surface area contributed by atoms with E-state index in [0.29, 0.717) is 24.8 Å². The van der Waals surface area contributed by atoms with Crippen LogP contribution in [-0.2, 0) is 11.0 Å². The summed E-state index contributed by atoms with van der Waals surface area (Å²) in [6.07, 6.45) is -1.84. The summed E-state index contributed by atoms with van der Waals surface area (Å²) >= 11 is 0. The Labute approximate surface area is 129 Å². The number of ether oxygens (including phenoxy) is 1. The van der Waals surface area contributed by atoms with Gasteiger partial charge >= 0.3 is 6.18 Å². The van der Waals surface area contributed by atoms with Crippen LogP contribution in [0, 0.1) is 0 Å². The van der Waals surface area contributed by atoms with Crippen molar-refractivity contribution in [3.8, 4) is 5.75 Å². The molecule has 3 rings (SSSR count). The Morgan fingerprint density at radius 1 is 1.48 bits per heavy atom. The SMILES string of the molecule is CC1(O)CC(c2cn3c(C(F)(F)F)cc(OCC=O)cc3n2)C1. The molecular formula is C15H15F3N2O3. The summed E-state index contributed by atoms with van der Waals surface area (Å²) in [4.78, 5) is 14.6. The van der Waals surface area contributed by atoms with Crippen molar-refractivity contribution in [1.82, 2.24) is 9.38 Å². The largest absolute Gasteiger partial charge is 0.486 e. The predicted molar refractivity (Wildman–Crippen MR) is 74.4 cm³/mol. The van der Waals surface area contributed by atoms with Gasteiger partial charge in [0.05, 0.1) is 11.3 Å². The second-order valence-electron chi connectivity index (χ2n) is 6.05. The van der Waals surface area contributed by atoms with Crippen LogP contribution >= 0.6 is 0 Å². The zero-order chi connectivity index (χ0) is 16.8. The summed E-state index contributed by atoms with van der Waals surface area (Å²) in [6.45, 7) is 1.36. The highest BCUT2D eigenvalue weighted by Gasteiger charge is 2.41. The van der Waals surface area contributed by atoms with Crippen LogP contribution in [-0.4, -0.2) is 33.0 Å². The molecule has 0 aliphatic heterocycles. The number of fused-ring (bicyclic) bond motifs is 1. The van der Waals surface area contributed by atoms with Crippen molar-refractivity contribution in [2.24, 2.45) is 0 Å². The summed E-state index contributed by atoms with van der Waals surface area (Å²) in [5.74, 6) is -0.125. The molecule has 124 valence electrons. The molecule has 0 aromatic carbocycles. The van der Waals surface area contributed by atoms with Crippen LogP contribution in [0.2, 0.25) is 0 Å². The third-order valence-electron chi connectivity index (χ3n) is 3.96. The van der Waals surface area contributed by atoms with E-state index in [1.165, 1.54) is 12.3 Å². The van der Waals surface area contributed by atoms with E-state index >= 15 is 0 Å². The van der Waals surface area contributed by atoms with Gasteiger partial charge in [-0.1, -0.05) is 0 Å².